The van der Waals surface area contributed by atoms with Crippen LogP contribution in [0, 0.1) is 0 Å². The van der Waals surface area contributed by atoms with Gasteiger partial charge in [-0.25, -0.2) is 0 Å². The van der Waals surface area contributed by atoms with Gasteiger partial charge in [0, 0.05) is 18.7 Å². The second-order valence-corrected chi connectivity index (χ2v) is 7.75. The van der Waals surface area contributed by atoms with Gasteiger partial charge >= 0.3 is 0 Å². The standard InChI is InChI=1S/C24H28N2O3/c1-17(2)20-8-3-19(4-9-20)15-26(21-10-11-21)24(28)14-7-18-5-12-22(13-6-18)29-16-23(25)27/h3-9,12-14,17,21H,10-11,15-16H2,1-2H3,(H2,25,27). The van der Waals surface area contributed by atoms with Gasteiger partial charge in [-0.15, -0.1) is 0 Å². The van der Waals surface area contributed by atoms with Crippen molar-refractivity contribution in [2.24, 2.45) is 5.73 Å². The summed E-state index contributed by atoms with van der Waals surface area (Å²) in [7, 11) is 0. The number of nitrogens with two attached hydrogens (primary N) is 1. The first-order chi connectivity index (χ1) is 13.9. The molecule has 1 aliphatic rings. The average Bonchev–Trinajstić information content (AvgIpc) is 3.55. The van der Waals surface area contributed by atoms with E-state index in [1.807, 2.05) is 17.0 Å². The van der Waals surface area contributed by atoms with Gasteiger partial charge in [0.15, 0.2) is 6.61 Å². The number of primary amides is 1. The van der Waals surface area contributed by atoms with Gasteiger partial charge in [-0.05, 0) is 53.7 Å². The van der Waals surface area contributed by atoms with Crippen LogP contribution in [-0.4, -0.2) is 29.4 Å². The highest BCUT2D eigenvalue weighted by molar-refractivity contribution is 5.92. The quantitative estimate of drug-likeness (QED) is 0.658. The summed E-state index contributed by atoms with van der Waals surface area (Å²) in [5.41, 5.74) is 8.42. The summed E-state index contributed by atoms with van der Waals surface area (Å²) in [6.07, 6.45) is 5.56. The van der Waals surface area contributed by atoms with Crippen molar-refractivity contribution in [3.63, 3.8) is 0 Å². The van der Waals surface area contributed by atoms with Crippen LogP contribution >= 0.6 is 0 Å². The van der Waals surface area contributed by atoms with Gasteiger partial charge in [0.05, 0.1) is 0 Å². The molecule has 2 N–H and O–H groups in total. The summed E-state index contributed by atoms with van der Waals surface area (Å²) in [5, 5.41) is 0. The van der Waals surface area contributed by atoms with Gasteiger partial charge in [0.25, 0.3) is 5.91 Å². The second kappa shape index (κ2) is 9.41. The maximum absolute atomic E-state index is 12.8. The lowest BCUT2D eigenvalue weighted by atomic mass is 10.0. The molecule has 0 unspecified atom stereocenters. The predicted octanol–water partition coefficient (Wildman–Crippen LogP) is 3.88. The van der Waals surface area contributed by atoms with Gasteiger partial charge in [0.1, 0.15) is 5.75 Å². The normalized spacial score (nSPS) is 13.6. The third kappa shape index (κ3) is 6.21. The van der Waals surface area contributed by atoms with Crippen molar-refractivity contribution in [3.05, 3.63) is 71.3 Å². The lowest BCUT2D eigenvalue weighted by Gasteiger charge is -2.21. The Morgan fingerprint density at radius 2 is 1.76 bits per heavy atom. The van der Waals surface area contributed by atoms with Gasteiger partial charge in [-0.3, -0.25) is 9.59 Å². The molecule has 1 aliphatic carbocycles. The van der Waals surface area contributed by atoms with E-state index >= 15 is 0 Å². The monoisotopic (exact) mass is 392 g/mol. The van der Waals surface area contributed by atoms with E-state index in [1.54, 1.807) is 24.3 Å². The third-order valence-corrected chi connectivity index (χ3v) is 4.95. The fourth-order valence-electron chi connectivity index (χ4n) is 3.07. The molecular formula is C24H28N2O3. The number of hydrogen-bond acceptors (Lipinski definition) is 3. The fourth-order valence-corrected chi connectivity index (χ4v) is 3.07. The SMILES string of the molecule is CC(C)c1ccc(CN(C(=O)C=Cc2ccc(OCC(N)=O)cc2)C2CC2)cc1. The number of nitrogens with zero attached hydrogens (tertiary/aromatic N) is 1. The van der Waals surface area contributed by atoms with Crippen LogP contribution in [0.25, 0.3) is 6.08 Å². The van der Waals surface area contributed by atoms with Crippen molar-refractivity contribution in [2.45, 2.75) is 45.2 Å². The summed E-state index contributed by atoms with van der Waals surface area (Å²) in [4.78, 5) is 25.5. The van der Waals surface area contributed by atoms with E-state index in [0.29, 0.717) is 24.3 Å². The number of carbonyl (C=O) groups is 2. The van der Waals surface area contributed by atoms with Crippen LogP contribution in [0.2, 0.25) is 0 Å². The molecule has 3 rings (SSSR count). The van der Waals surface area contributed by atoms with Crippen LogP contribution in [-0.2, 0) is 16.1 Å². The number of rotatable bonds is 9. The van der Waals surface area contributed by atoms with Crippen molar-refractivity contribution < 1.29 is 14.3 Å². The number of hydrogen-bond donors (Lipinski definition) is 1. The molecule has 0 heterocycles. The lowest BCUT2D eigenvalue weighted by molar-refractivity contribution is -0.127. The molecule has 5 nitrogen and oxygen atoms in total. The molecule has 0 aromatic heterocycles. The van der Waals surface area contributed by atoms with Crippen molar-refractivity contribution in [2.75, 3.05) is 6.61 Å². The summed E-state index contributed by atoms with van der Waals surface area (Å²) in [5.74, 6) is 0.575. The molecule has 0 bridgehead atoms. The highest BCUT2D eigenvalue weighted by Crippen LogP contribution is 2.29. The Morgan fingerprint density at radius 1 is 1.10 bits per heavy atom. The molecule has 0 spiro atoms. The molecule has 0 aliphatic heterocycles. The first kappa shape index (κ1) is 20.6. The first-order valence-corrected chi connectivity index (χ1v) is 10.0. The lowest BCUT2D eigenvalue weighted by Crippen LogP contribution is -2.31. The zero-order valence-corrected chi connectivity index (χ0v) is 17.0. The summed E-state index contributed by atoms with van der Waals surface area (Å²) in [6, 6.07) is 16.0. The van der Waals surface area contributed by atoms with Gasteiger partial charge in [-0.2, -0.15) is 0 Å². The number of carbonyl (C=O) groups excluding carboxylic acids is 2. The van der Waals surface area contributed by atoms with E-state index < -0.39 is 5.91 Å². The van der Waals surface area contributed by atoms with Crippen LogP contribution in [0.1, 0.15) is 49.3 Å². The summed E-state index contributed by atoms with van der Waals surface area (Å²) < 4.78 is 5.24. The Bertz CT molecular complexity index is 866. The largest absolute Gasteiger partial charge is 0.484 e. The fraction of sp³-hybridized carbons (Fsp3) is 0.333. The summed E-state index contributed by atoms with van der Waals surface area (Å²) in [6.45, 7) is 4.83. The van der Waals surface area contributed by atoms with Crippen LogP contribution in [0.15, 0.2) is 54.6 Å². The Labute approximate surface area is 172 Å². The first-order valence-electron chi connectivity index (χ1n) is 10.0. The maximum Gasteiger partial charge on any atom is 0.255 e. The number of ether oxygens (including phenoxy) is 1. The molecule has 0 radical (unpaired) electrons. The van der Waals surface area contributed by atoms with Crippen molar-refractivity contribution in [1.82, 2.24) is 4.90 Å². The van der Waals surface area contributed by atoms with Gasteiger partial charge in [0.2, 0.25) is 5.91 Å². The second-order valence-electron chi connectivity index (χ2n) is 7.75. The van der Waals surface area contributed by atoms with Gasteiger partial charge < -0.3 is 15.4 Å². The van der Waals surface area contributed by atoms with E-state index in [9.17, 15) is 9.59 Å². The zero-order chi connectivity index (χ0) is 20.8. The number of amides is 2. The number of benzene rings is 2. The molecule has 152 valence electrons. The Kier molecular flexibility index (Phi) is 6.70. The Morgan fingerprint density at radius 3 is 2.31 bits per heavy atom. The van der Waals surface area contributed by atoms with E-state index in [0.717, 1.165) is 24.0 Å². The highest BCUT2D eigenvalue weighted by Gasteiger charge is 2.31. The Balaban J connectivity index is 1.61. The minimum atomic E-state index is -0.515. The van der Waals surface area contributed by atoms with Crippen LogP contribution < -0.4 is 10.5 Å². The zero-order valence-electron chi connectivity index (χ0n) is 17.0. The topological polar surface area (TPSA) is 72.6 Å². The van der Waals surface area contributed by atoms with Gasteiger partial charge in [-0.1, -0.05) is 50.2 Å². The third-order valence-electron chi connectivity index (χ3n) is 4.95. The molecule has 1 saturated carbocycles. The minimum Gasteiger partial charge on any atom is -0.484 e. The Hall–Kier alpha value is -3.08. The highest BCUT2D eigenvalue weighted by atomic mass is 16.5. The van der Waals surface area contributed by atoms with E-state index in [4.69, 9.17) is 10.5 Å². The molecule has 29 heavy (non-hydrogen) atoms. The molecular weight excluding hydrogens is 364 g/mol. The molecule has 2 aromatic rings. The average molecular weight is 392 g/mol. The van der Waals surface area contributed by atoms with E-state index in [2.05, 4.69) is 38.1 Å². The predicted molar refractivity (Wildman–Crippen MR) is 114 cm³/mol. The van der Waals surface area contributed by atoms with Crippen LogP contribution in [0.3, 0.4) is 0 Å². The van der Waals surface area contributed by atoms with E-state index in [-0.39, 0.29) is 12.5 Å². The molecule has 2 amide bonds. The van der Waals surface area contributed by atoms with E-state index in [1.165, 1.54) is 5.56 Å². The van der Waals surface area contributed by atoms with Crippen molar-refractivity contribution in [3.8, 4) is 5.75 Å². The molecule has 5 heteroatoms. The van der Waals surface area contributed by atoms with Crippen molar-refractivity contribution in [1.29, 1.82) is 0 Å². The maximum atomic E-state index is 12.8. The van der Waals surface area contributed by atoms with Crippen LogP contribution in [0.5, 0.6) is 5.75 Å². The molecule has 0 atom stereocenters. The molecule has 0 saturated heterocycles. The van der Waals surface area contributed by atoms with Crippen molar-refractivity contribution >= 4 is 17.9 Å². The molecule has 1 fully saturated rings. The molecule has 2 aromatic carbocycles. The minimum absolute atomic E-state index is 0.0227. The smallest absolute Gasteiger partial charge is 0.255 e. The summed E-state index contributed by atoms with van der Waals surface area (Å²) >= 11 is 0. The van der Waals surface area contributed by atoms with Crippen LogP contribution in [0.4, 0.5) is 0 Å².